The van der Waals surface area contributed by atoms with Crippen LogP contribution in [0.3, 0.4) is 0 Å². The molecule has 2 heteroatoms. The highest BCUT2D eigenvalue weighted by Crippen LogP contribution is 2.40. The van der Waals surface area contributed by atoms with E-state index < -0.39 is 4.75 Å². The molecule has 0 radical (unpaired) electrons. The fraction of sp³-hybridized carbons (Fsp3) is 0.133. The van der Waals surface area contributed by atoms with Crippen LogP contribution in [0, 0.1) is 11.3 Å². The number of hydrogen-bond donors (Lipinski definition) is 0. The first kappa shape index (κ1) is 11.8. The van der Waals surface area contributed by atoms with Crippen LogP contribution in [-0.2, 0) is 4.75 Å². The van der Waals surface area contributed by atoms with Crippen molar-refractivity contribution in [1.29, 1.82) is 5.26 Å². The standard InChI is InChI=1S/C15H13NS/c1-15(12-16,13-8-4-2-5-9-13)17-14-10-6-3-7-11-14/h2-11H,1H3. The predicted octanol–water partition coefficient (Wildman–Crippen LogP) is 4.22. The van der Waals surface area contributed by atoms with E-state index in [1.165, 1.54) is 0 Å². The molecule has 1 unspecified atom stereocenters. The Morgan fingerprint density at radius 1 is 0.941 bits per heavy atom. The molecule has 2 aromatic carbocycles. The van der Waals surface area contributed by atoms with Gasteiger partial charge in [-0.3, -0.25) is 0 Å². The van der Waals surface area contributed by atoms with E-state index in [0.717, 1.165) is 10.5 Å². The van der Waals surface area contributed by atoms with Crippen molar-refractivity contribution in [2.75, 3.05) is 0 Å². The summed E-state index contributed by atoms with van der Waals surface area (Å²) in [6.07, 6.45) is 0. The average Bonchev–Trinajstić information content (AvgIpc) is 2.41. The molecule has 0 N–H and O–H groups in total. The third kappa shape index (κ3) is 2.69. The van der Waals surface area contributed by atoms with Crippen LogP contribution in [0.5, 0.6) is 0 Å². The number of hydrogen-bond acceptors (Lipinski definition) is 2. The van der Waals surface area contributed by atoms with Gasteiger partial charge in [-0.15, -0.1) is 0 Å². The van der Waals surface area contributed by atoms with Gasteiger partial charge in [-0.25, -0.2) is 0 Å². The molecule has 2 aromatic rings. The van der Waals surface area contributed by atoms with E-state index in [-0.39, 0.29) is 0 Å². The van der Waals surface area contributed by atoms with Gasteiger partial charge in [-0.05, 0) is 24.6 Å². The second-order valence-electron chi connectivity index (χ2n) is 3.93. The van der Waals surface area contributed by atoms with Crippen LogP contribution in [0.15, 0.2) is 65.6 Å². The summed E-state index contributed by atoms with van der Waals surface area (Å²) in [4.78, 5) is 1.11. The van der Waals surface area contributed by atoms with Gasteiger partial charge < -0.3 is 0 Å². The minimum atomic E-state index is -0.539. The normalized spacial score (nSPS) is 13.6. The minimum Gasteiger partial charge on any atom is -0.196 e. The molecule has 17 heavy (non-hydrogen) atoms. The lowest BCUT2D eigenvalue weighted by molar-refractivity contribution is 0.894. The fourth-order valence-corrected chi connectivity index (χ4v) is 2.69. The summed E-state index contributed by atoms with van der Waals surface area (Å²) in [5, 5.41) is 9.43. The number of rotatable bonds is 3. The van der Waals surface area contributed by atoms with Crippen molar-refractivity contribution in [3.63, 3.8) is 0 Å². The molecule has 0 bridgehead atoms. The largest absolute Gasteiger partial charge is 0.196 e. The van der Waals surface area contributed by atoms with E-state index >= 15 is 0 Å². The maximum absolute atomic E-state index is 9.43. The summed E-state index contributed by atoms with van der Waals surface area (Å²) in [7, 11) is 0. The Hall–Kier alpha value is -1.72. The quantitative estimate of drug-likeness (QED) is 0.749. The van der Waals surface area contributed by atoms with Crippen LogP contribution in [0.4, 0.5) is 0 Å². The second-order valence-corrected chi connectivity index (χ2v) is 5.42. The molecule has 1 atom stereocenters. The van der Waals surface area contributed by atoms with Crippen LogP contribution < -0.4 is 0 Å². The number of nitriles is 1. The van der Waals surface area contributed by atoms with Crippen molar-refractivity contribution >= 4 is 11.8 Å². The maximum atomic E-state index is 9.43. The first-order valence-electron chi connectivity index (χ1n) is 5.45. The van der Waals surface area contributed by atoms with Crippen LogP contribution in [-0.4, -0.2) is 0 Å². The van der Waals surface area contributed by atoms with Gasteiger partial charge in [0.15, 0.2) is 0 Å². The van der Waals surface area contributed by atoms with Crippen molar-refractivity contribution in [2.45, 2.75) is 16.6 Å². The summed E-state index contributed by atoms with van der Waals surface area (Å²) >= 11 is 1.58. The van der Waals surface area contributed by atoms with Crippen LogP contribution in [0.25, 0.3) is 0 Å². The molecule has 0 aromatic heterocycles. The summed E-state index contributed by atoms with van der Waals surface area (Å²) in [5.41, 5.74) is 1.04. The Bertz CT molecular complexity index is 516. The van der Waals surface area contributed by atoms with Gasteiger partial charge in [0.25, 0.3) is 0 Å². The molecule has 0 aliphatic rings. The molecule has 0 amide bonds. The van der Waals surface area contributed by atoms with E-state index in [0.29, 0.717) is 0 Å². The van der Waals surface area contributed by atoms with Gasteiger partial charge in [-0.1, -0.05) is 60.3 Å². The molecule has 0 saturated heterocycles. The Morgan fingerprint density at radius 3 is 2.00 bits per heavy atom. The molecule has 2 rings (SSSR count). The van der Waals surface area contributed by atoms with Gasteiger partial charge in [-0.2, -0.15) is 5.26 Å². The molecular formula is C15H13NS. The Kier molecular flexibility index (Phi) is 3.51. The highest BCUT2D eigenvalue weighted by molar-refractivity contribution is 8.00. The first-order valence-corrected chi connectivity index (χ1v) is 6.27. The monoisotopic (exact) mass is 239 g/mol. The van der Waals surface area contributed by atoms with Crippen molar-refractivity contribution in [3.8, 4) is 6.07 Å². The molecule has 0 spiro atoms. The average molecular weight is 239 g/mol. The van der Waals surface area contributed by atoms with E-state index in [1.807, 2.05) is 67.6 Å². The smallest absolute Gasteiger partial charge is 0.129 e. The molecule has 0 saturated carbocycles. The van der Waals surface area contributed by atoms with Gasteiger partial charge in [0.1, 0.15) is 4.75 Å². The molecule has 0 aliphatic carbocycles. The molecule has 0 fully saturated rings. The predicted molar refractivity (Wildman–Crippen MR) is 71.7 cm³/mol. The molecule has 0 heterocycles. The summed E-state index contributed by atoms with van der Waals surface area (Å²) in [5.74, 6) is 0. The van der Waals surface area contributed by atoms with E-state index in [1.54, 1.807) is 11.8 Å². The lowest BCUT2D eigenvalue weighted by atomic mass is 10.0. The first-order chi connectivity index (χ1) is 8.24. The highest BCUT2D eigenvalue weighted by atomic mass is 32.2. The van der Waals surface area contributed by atoms with Crippen molar-refractivity contribution in [2.24, 2.45) is 0 Å². The lowest BCUT2D eigenvalue weighted by Crippen LogP contribution is -2.13. The Morgan fingerprint density at radius 2 is 1.47 bits per heavy atom. The van der Waals surface area contributed by atoms with E-state index in [2.05, 4.69) is 6.07 Å². The molecule has 1 nitrogen and oxygen atoms in total. The Balaban J connectivity index is 2.31. The fourth-order valence-electron chi connectivity index (χ4n) is 1.63. The zero-order chi connectivity index (χ0) is 12.1. The van der Waals surface area contributed by atoms with Crippen LogP contribution in [0.2, 0.25) is 0 Å². The van der Waals surface area contributed by atoms with Crippen LogP contribution >= 0.6 is 11.8 Å². The Labute approximate surface area is 106 Å². The number of thioether (sulfide) groups is 1. The molecular weight excluding hydrogens is 226 g/mol. The molecule has 0 aliphatic heterocycles. The maximum Gasteiger partial charge on any atom is 0.129 e. The summed E-state index contributed by atoms with van der Waals surface area (Å²) in [6.45, 7) is 1.96. The zero-order valence-electron chi connectivity index (χ0n) is 9.63. The van der Waals surface area contributed by atoms with E-state index in [9.17, 15) is 5.26 Å². The third-order valence-corrected chi connectivity index (χ3v) is 3.85. The third-order valence-electron chi connectivity index (χ3n) is 2.60. The zero-order valence-corrected chi connectivity index (χ0v) is 10.4. The highest BCUT2D eigenvalue weighted by Gasteiger charge is 2.27. The second kappa shape index (κ2) is 5.07. The molecule has 84 valence electrons. The van der Waals surface area contributed by atoms with Crippen molar-refractivity contribution in [3.05, 3.63) is 66.2 Å². The number of benzene rings is 2. The number of nitrogens with zero attached hydrogens (tertiary/aromatic N) is 1. The summed E-state index contributed by atoms with van der Waals surface area (Å²) in [6, 6.07) is 22.3. The summed E-state index contributed by atoms with van der Waals surface area (Å²) < 4.78 is -0.539. The van der Waals surface area contributed by atoms with Gasteiger partial charge in [0.05, 0.1) is 6.07 Å². The van der Waals surface area contributed by atoms with Crippen molar-refractivity contribution < 1.29 is 0 Å². The minimum absolute atomic E-state index is 0.539. The SMILES string of the molecule is CC(C#N)(Sc1ccccc1)c1ccccc1. The van der Waals surface area contributed by atoms with Crippen LogP contribution in [0.1, 0.15) is 12.5 Å². The van der Waals surface area contributed by atoms with Crippen molar-refractivity contribution in [1.82, 2.24) is 0 Å². The van der Waals surface area contributed by atoms with Gasteiger partial charge >= 0.3 is 0 Å². The van der Waals surface area contributed by atoms with Gasteiger partial charge in [0.2, 0.25) is 0 Å². The van der Waals surface area contributed by atoms with E-state index in [4.69, 9.17) is 0 Å². The lowest BCUT2D eigenvalue weighted by Gasteiger charge is -2.21. The van der Waals surface area contributed by atoms with Gasteiger partial charge in [0, 0.05) is 4.90 Å². The topological polar surface area (TPSA) is 23.8 Å².